The molecule has 0 radical (unpaired) electrons. The van der Waals surface area contributed by atoms with E-state index in [9.17, 15) is 9.59 Å². The molecule has 3 aromatic rings. The van der Waals surface area contributed by atoms with Crippen LogP contribution < -0.4 is 20.3 Å². The van der Waals surface area contributed by atoms with E-state index in [4.69, 9.17) is 21.1 Å². The Morgan fingerprint density at radius 2 is 1.93 bits per heavy atom. The van der Waals surface area contributed by atoms with Crippen LogP contribution in [0.4, 0.5) is 5.69 Å². The maximum atomic E-state index is 12.5. The fourth-order valence-corrected chi connectivity index (χ4v) is 3.05. The first-order chi connectivity index (χ1) is 13.1. The summed E-state index contributed by atoms with van der Waals surface area (Å²) in [4.78, 5) is 24.9. The van der Waals surface area contributed by atoms with Gasteiger partial charge in [-0.25, -0.2) is 4.68 Å². The fourth-order valence-electron chi connectivity index (χ4n) is 2.85. The van der Waals surface area contributed by atoms with Gasteiger partial charge in [-0.2, -0.15) is 5.10 Å². The second-order valence-electron chi connectivity index (χ2n) is 6.07. The summed E-state index contributed by atoms with van der Waals surface area (Å²) in [6.45, 7) is 0.846. The van der Waals surface area contributed by atoms with Crippen molar-refractivity contribution in [1.82, 2.24) is 9.78 Å². The third kappa shape index (κ3) is 3.59. The van der Waals surface area contributed by atoms with Gasteiger partial charge in [0.25, 0.3) is 5.56 Å². The van der Waals surface area contributed by atoms with Gasteiger partial charge in [-0.3, -0.25) is 9.59 Å². The molecule has 1 amide bonds. The van der Waals surface area contributed by atoms with Gasteiger partial charge in [-0.15, -0.1) is 0 Å². The summed E-state index contributed by atoms with van der Waals surface area (Å²) in [5.74, 6) is 0.646. The molecule has 2 aromatic carbocycles. The molecular weight excluding hydrogens is 370 g/mol. The van der Waals surface area contributed by atoms with Crippen LogP contribution in [0.5, 0.6) is 11.5 Å². The molecule has 4 rings (SSSR count). The van der Waals surface area contributed by atoms with E-state index in [0.717, 1.165) is 16.5 Å². The van der Waals surface area contributed by atoms with Crippen LogP contribution in [0.3, 0.4) is 0 Å². The number of carbonyl (C=O) groups is 1. The molecule has 0 aliphatic carbocycles. The van der Waals surface area contributed by atoms with Crippen molar-refractivity contribution in [2.75, 3.05) is 18.5 Å². The number of hydrogen-bond donors (Lipinski definition) is 1. The zero-order valence-corrected chi connectivity index (χ0v) is 15.0. The molecule has 0 bridgehead atoms. The van der Waals surface area contributed by atoms with E-state index < -0.39 is 5.91 Å². The Balaban J connectivity index is 1.56. The number of nitrogens with zero attached hydrogens (tertiary/aromatic N) is 2. The molecule has 0 saturated carbocycles. The van der Waals surface area contributed by atoms with E-state index in [1.807, 2.05) is 6.07 Å². The fraction of sp³-hybridized carbons (Fsp3) is 0.211. The van der Waals surface area contributed by atoms with Crippen LogP contribution in [0.25, 0.3) is 10.8 Å². The summed E-state index contributed by atoms with van der Waals surface area (Å²) in [7, 11) is 0. The average Bonchev–Trinajstić information content (AvgIpc) is 2.89. The first kappa shape index (κ1) is 17.4. The van der Waals surface area contributed by atoms with Crippen LogP contribution in [0.1, 0.15) is 6.42 Å². The van der Waals surface area contributed by atoms with E-state index in [1.165, 1.54) is 0 Å². The third-order valence-corrected chi connectivity index (χ3v) is 4.48. The molecule has 0 spiro atoms. The Labute approximate surface area is 159 Å². The quantitative estimate of drug-likeness (QED) is 0.749. The van der Waals surface area contributed by atoms with E-state index in [0.29, 0.717) is 40.8 Å². The Morgan fingerprint density at radius 3 is 2.74 bits per heavy atom. The topological polar surface area (TPSA) is 82.5 Å². The van der Waals surface area contributed by atoms with E-state index in [-0.39, 0.29) is 12.1 Å². The molecule has 7 nitrogen and oxygen atoms in total. The van der Waals surface area contributed by atoms with Gasteiger partial charge in [-0.1, -0.05) is 29.8 Å². The number of halogens is 1. The van der Waals surface area contributed by atoms with Gasteiger partial charge in [-0.05, 0) is 6.07 Å². The Morgan fingerprint density at radius 1 is 1.19 bits per heavy atom. The van der Waals surface area contributed by atoms with Crippen molar-refractivity contribution < 1.29 is 14.3 Å². The molecule has 1 aliphatic heterocycles. The molecule has 0 saturated heterocycles. The maximum absolute atomic E-state index is 12.5. The lowest BCUT2D eigenvalue weighted by molar-refractivity contribution is -0.117. The van der Waals surface area contributed by atoms with Gasteiger partial charge in [0.15, 0.2) is 11.5 Å². The second kappa shape index (κ2) is 7.28. The van der Waals surface area contributed by atoms with Crippen LogP contribution in [0.15, 0.2) is 47.4 Å². The molecule has 1 aromatic heterocycles. The van der Waals surface area contributed by atoms with Gasteiger partial charge in [0.05, 0.1) is 35.5 Å². The number of nitrogens with one attached hydrogen (secondary N) is 1. The van der Waals surface area contributed by atoms with E-state index in [1.54, 1.807) is 36.5 Å². The Hall–Kier alpha value is -3.06. The Kier molecular flexibility index (Phi) is 4.68. The number of hydrogen-bond acceptors (Lipinski definition) is 5. The smallest absolute Gasteiger partial charge is 0.275 e. The summed E-state index contributed by atoms with van der Waals surface area (Å²) >= 11 is 6.24. The zero-order valence-electron chi connectivity index (χ0n) is 14.3. The predicted molar refractivity (Wildman–Crippen MR) is 102 cm³/mol. The van der Waals surface area contributed by atoms with Gasteiger partial charge in [0.1, 0.15) is 6.54 Å². The molecule has 1 aliphatic rings. The van der Waals surface area contributed by atoms with Gasteiger partial charge >= 0.3 is 0 Å². The highest BCUT2D eigenvalue weighted by Crippen LogP contribution is 2.37. The number of fused-ring (bicyclic) bond motifs is 2. The summed E-state index contributed by atoms with van der Waals surface area (Å²) in [6, 6.07) is 10.3. The summed E-state index contributed by atoms with van der Waals surface area (Å²) in [5, 5.41) is 8.32. The monoisotopic (exact) mass is 385 g/mol. The van der Waals surface area contributed by atoms with Crippen molar-refractivity contribution in [1.29, 1.82) is 0 Å². The highest BCUT2D eigenvalue weighted by atomic mass is 35.5. The Bertz CT molecular complexity index is 1080. The van der Waals surface area contributed by atoms with Crippen molar-refractivity contribution in [3.63, 3.8) is 0 Å². The summed E-state index contributed by atoms with van der Waals surface area (Å²) in [6.07, 6.45) is 2.33. The van der Waals surface area contributed by atoms with Gasteiger partial charge in [0.2, 0.25) is 5.91 Å². The minimum absolute atomic E-state index is 0.228. The number of aromatic nitrogens is 2. The minimum Gasteiger partial charge on any atom is -0.490 e. The standard InChI is InChI=1S/C19H16ClN3O4/c20-14-8-16-17(27-7-3-6-26-16)9-15(14)22-18(24)11-23-19(25)13-5-2-1-4-12(13)10-21-23/h1-2,4-5,8-10H,3,6-7,11H2,(H,22,24). The van der Waals surface area contributed by atoms with Crippen LogP contribution in [0.2, 0.25) is 5.02 Å². The van der Waals surface area contributed by atoms with Crippen molar-refractivity contribution in [2.45, 2.75) is 13.0 Å². The van der Waals surface area contributed by atoms with Crippen LogP contribution in [-0.4, -0.2) is 28.9 Å². The molecule has 8 heteroatoms. The lowest BCUT2D eigenvalue weighted by Gasteiger charge is -2.13. The number of carbonyl (C=O) groups excluding carboxylic acids is 1. The first-order valence-electron chi connectivity index (χ1n) is 8.46. The molecule has 0 atom stereocenters. The number of rotatable bonds is 3. The van der Waals surface area contributed by atoms with Gasteiger partial charge < -0.3 is 14.8 Å². The lowest BCUT2D eigenvalue weighted by atomic mass is 10.2. The average molecular weight is 386 g/mol. The van der Waals surface area contributed by atoms with Crippen LogP contribution in [0, 0.1) is 0 Å². The minimum atomic E-state index is -0.420. The van der Waals surface area contributed by atoms with Crippen molar-refractivity contribution in [3.05, 3.63) is 58.0 Å². The summed E-state index contributed by atoms with van der Waals surface area (Å²) < 4.78 is 12.3. The largest absolute Gasteiger partial charge is 0.490 e. The van der Waals surface area contributed by atoms with Crippen LogP contribution in [-0.2, 0) is 11.3 Å². The number of ether oxygens (including phenoxy) is 2. The molecule has 0 fully saturated rings. The normalized spacial score (nSPS) is 13.2. The lowest BCUT2D eigenvalue weighted by Crippen LogP contribution is -2.29. The van der Waals surface area contributed by atoms with Gasteiger partial charge in [0, 0.05) is 23.9 Å². The third-order valence-electron chi connectivity index (χ3n) is 4.17. The second-order valence-corrected chi connectivity index (χ2v) is 6.48. The number of anilines is 1. The number of benzene rings is 2. The molecule has 27 heavy (non-hydrogen) atoms. The highest BCUT2D eigenvalue weighted by Gasteiger charge is 2.16. The molecule has 1 N–H and O–H groups in total. The SMILES string of the molecule is O=C(Cn1ncc2ccccc2c1=O)Nc1cc2c(cc1Cl)OCCCO2. The van der Waals surface area contributed by atoms with Crippen molar-refractivity contribution in [3.8, 4) is 11.5 Å². The molecule has 138 valence electrons. The van der Waals surface area contributed by atoms with E-state index in [2.05, 4.69) is 10.4 Å². The van der Waals surface area contributed by atoms with Crippen LogP contribution >= 0.6 is 11.6 Å². The first-order valence-corrected chi connectivity index (χ1v) is 8.83. The highest BCUT2D eigenvalue weighted by molar-refractivity contribution is 6.34. The molecular formula is C19H16ClN3O4. The van der Waals surface area contributed by atoms with Crippen molar-refractivity contribution >= 4 is 34.0 Å². The molecule has 2 heterocycles. The maximum Gasteiger partial charge on any atom is 0.275 e. The summed E-state index contributed by atoms with van der Waals surface area (Å²) in [5.41, 5.74) is 0.0627. The number of amides is 1. The predicted octanol–water partition coefficient (Wildman–Crippen LogP) is 2.85. The van der Waals surface area contributed by atoms with E-state index >= 15 is 0 Å². The zero-order chi connectivity index (χ0) is 18.8. The molecule has 0 unspecified atom stereocenters. The van der Waals surface area contributed by atoms with Crippen molar-refractivity contribution in [2.24, 2.45) is 0 Å².